The molecule has 1 atom stereocenters. The Morgan fingerprint density at radius 1 is 1.33 bits per heavy atom. The van der Waals surface area contributed by atoms with Gasteiger partial charge in [-0.15, -0.1) is 0 Å². The van der Waals surface area contributed by atoms with Crippen LogP contribution in [0.5, 0.6) is 0 Å². The largest absolute Gasteiger partial charge is 0.316 e. The Kier molecular flexibility index (Phi) is 2.67. The summed E-state index contributed by atoms with van der Waals surface area (Å²) >= 11 is 0. The average molecular weight is 245 g/mol. The van der Waals surface area contributed by atoms with E-state index in [0.717, 1.165) is 25.2 Å². The van der Waals surface area contributed by atoms with E-state index in [0.29, 0.717) is 0 Å². The van der Waals surface area contributed by atoms with E-state index in [1.165, 1.54) is 17.8 Å². The molecule has 0 spiro atoms. The number of halogens is 1. The van der Waals surface area contributed by atoms with Crippen LogP contribution in [0.25, 0.3) is 5.69 Å². The van der Waals surface area contributed by atoms with Gasteiger partial charge in [-0.25, -0.2) is 9.37 Å². The first-order valence-electron chi connectivity index (χ1n) is 6.19. The molecule has 4 heteroatoms. The summed E-state index contributed by atoms with van der Waals surface area (Å²) in [4.78, 5) is 4.25. The van der Waals surface area contributed by atoms with Gasteiger partial charge in [0.05, 0.1) is 6.33 Å². The summed E-state index contributed by atoms with van der Waals surface area (Å²) in [7, 11) is 0. The second-order valence-electron chi connectivity index (χ2n) is 5.11. The molecule has 1 fully saturated rings. The minimum atomic E-state index is -0.214. The van der Waals surface area contributed by atoms with Gasteiger partial charge in [-0.2, -0.15) is 0 Å². The van der Waals surface area contributed by atoms with Crippen LogP contribution in [-0.4, -0.2) is 22.6 Å². The number of aromatic nitrogens is 2. The van der Waals surface area contributed by atoms with E-state index >= 15 is 0 Å². The highest BCUT2D eigenvalue weighted by Crippen LogP contribution is 2.31. The van der Waals surface area contributed by atoms with Crippen LogP contribution < -0.4 is 5.32 Å². The zero-order valence-electron chi connectivity index (χ0n) is 10.4. The number of benzene rings is 1. The van der Waals surface area contributed by atoms with Crippen molar-refractivity contribution < 1.29 is 4.39 Å². The normalized spacial score (nSPS) is 23.4. The number of hydrogen-bond acceptors (Lipinski definition) is 2. The minimum absolute atomic E-state index is 0.102. The second kappa shape index (κ2) is 4.21. The summed E-state index contributed by atoms with van der Waals surface area (Å²) < 4.78 is 15.0. The quantitative estimate of drug-likeness (QED) is 0.879. The fourth-order valence-corrected chi connectivity index (χ4v) is 2.58. The van der Waals surface area contributed by atoms with Crippen LogP contribution in [0, 0.1) is 5.82 Å². The van der Waals surface area contributed by atoms with E-state index in [1.54, 1.807) is 18.5 Å². The van der Waals surface area contributed by atoms with Crippen LogP contribution in [0.3, 0.4) is 0 Å². The van der Waals surface area contributed by atoms with E-state index in [1.807, 2.05) is 10.8 Å². The summed E-state index contributed by atoms with van der Waals surface area (Å²) in [5.74, 6) is -0.214. The molecule has 1 saturated heterocycles. The Morgan fingerprint density at radius 2 is 2.11 bits per heavy atom. The zero-order chi connectivity index (χ0) is 12.6. The van der Waals surface area contributed by atoms with Crippen LogP contribution in [0.1, 0.15) is 19.0 Å². The lowest BCUT2D eigenvalue weighted by molar-refractivity contribution is 0.498. The van der Waals surface area contributed by atoms with E-state index < -0.39 is 0 Å². The monoisotopic (exact) mass is 245 g/mol. The molecular weight excluding hydrogens is 229 g/mol. The zero-order valence-corrected chi connectivity index (χ0v) is 10.4. The summed E-state index contributed by atoms with van der Waals surface area (Å²) in [6.45, 7) is 4.23. The molecule has 3 nitrogen and oxygen atoms in total. The van der Waals surface area contributed by atoms with Gasteiger partial charge < -0.3 is 9.88 Å². The van der Waals surface area contributed by atoms with Crippen molar-refractivity contribution in [3.05, 3.63) is 48.3 Å². The second-order valence-corrected chi connectivity index (χ2v) is 5.11. The van der Waals surface area contributed by atoms with Gasteiger partial charge >= 0.3 is 0 Å². The predicted octanol–water partition coefficient (Wildman–Crippen LogP) is 2.26. The molecule has 0 saturated carbocycles. The molecular formula is C14H16FN3. The fraction of sp³-hybridized carbons (Fsp3) is 0.357. The molecule has 1 aliphatic heterocycles. The van der Waals surface area contributed by atoms with Crippen LogP contribution in [0.15, 0.2) is 36.8 Å². The van der Waals surface area contributed by atoms with Crippen molar-refractivity contribution in [2.75, 3.05) is 13.1 Å². The van der Waals surface area contributed by atoms with E-state index in [2.05, 4.69) is 17.2 Å². The molecule has 94 valence electrons. The maximum atomic E-state index is 13.0. The molecule has 2 heterocycles. The Hall–Kier alpha value is -1.68. The van der Waals surface area contributed by atoms with Gasteiger partial charge in [0.25, 0.3) is 0 Å². The average Bonchev–Trinajstić information content (AvgIpc) is 2.99. The molecule has 1 aromatic carbocycles. The van der Waals surface area contributed by atoms with Gasteiger partial charge in [-0.1, -0.05) is 6.92 Å². The highest BCUT2D eigenvalue weighted by molar-refractivity contribution is 5.36. The van der Waals surface area contributed by atoms with E-state index in [4.69, 9.17) is 0 Å². The fourth-order valence-electron chi connectivity index (χ4n) is 2.58. The van der Waals surface area contributed by atoms with E-state index in [-0.39, 0.29) is 11.2 Å². The SMILES string of the molecule is CC1(c2cncn2-c2ccc(F)cc2)CCNC1. The number of nitrogens with zero attached hydrogens (tertiary/aromatic N) is 2. The third-order valence-electron chi connectivity index (χ3n) is 3.73. The van der Waals surface area contributed by atoms with Gasteiger partial charge in [0, 0.05) is 29.5 Å². The lowest BCUT2D eigenvalue weighted by Crippen LogP contribution is -2.27. The van der Waals surface area contributed by atoms with Crippen molar-refractivity contribution in [1.29, 1.82) is 0 Å². The smallest absolute Gasteiger partial charge is 0.123 e. The molecule has 2 aromatic rings. The van der Waals surface area contributed by atoms with Crippen LogP contribution in [-0.2, 0) is 5.41 Å². The molecule has 1 aliphatic rings. The molecule has 0 amide bonds. The molecule has 0 bridgehead atoms. The summed E-state index contributed by atoms with van der Waals surface area (Å²) in [6.07, 6.45) is 4.81. The number of nitrogens with one attached hydrogen (secondary N) is 1. The third-order valence-corrected chi connectivity index (χ3v) is 3.73. The highest BCUT2D eigenvalue weighted by atomic mass is 19.1. The van der Waals surface area contributed by atoms with E-state index in [9.17, 15) is 4.39 Å². The first kappa shape index (κ1) is 11.4. The Balaban J connectivity index is 2.03. The van der Waals surface area contributed by atoms with Gasteiger partial charge in [0.1, 0.15) is 5.82 Å². The van der Waals surface area contributed by atoms with Crippen LogP contribution in [0.4, 0.5) is 4.39 Å². The maximum Gasteiger partial charge on any atom is 0.123 e. The van der Waals surface area contributed by atoms with Gasteiger partial charge in [-0.05, 0) is 37.2 Å². The molecule has 18 heavy (non-hydrogen) atoms. The maximum absolute atomic E-state index is 13.0. The molecule has 3 rings (SSSR count). The third kappa shape index (κ3) is 1.82. The number of hydrogen-bond donors (Lipinski definition) is 1. The minimum Gasteiger partial charge on any atom is -0.316 e. The van der Waals surface area contributed by atoms with Crippen LogP contribution in [0.2, 0.25) is 0 Å². The molecule has 1 N–H and O–H groups in total. The Labute approximate surface area is 106 Å². The number of rotatable bonds is 2. The van der Waals surface area contributed by atoms with Crippen molar-refractivity contribution in [1.82, 2.24) is 14.9 Å². The summed E-state index contributed by atoms with van der Waals surface area (Å²) in [6, 6.07) is 6.53. The van der Waals surface area contributed by atoms with Crippen molar-refractivity contribution in [2.45, 2.75) is 18.8 Å². The van der Waals surface area contributed by atoms with Crippen molar-refractivity contribution in [2.24, 2.45) is 0 Å². The van der Waals surface area contributed by atoms with Crippen molar-refractivity contribution in [3.8, 4) is 5.69 Å². The highest BCUT2D eigenvalue weighted by Gasteiger charge is 2.33. The molecule has 1 unspecified atom stereocenters. The van der Waals surface area contributed by atoms with Gasteiger partial charge in [0.2, 0.25) is 0 Å². The van der Waals surface area contributed by atoms with Gasteiger partial charge in [-0.3, -0.25) is 0 Å². The first-order chi connectivity index (χ1) is 8.69. The standard InChI is InChI=1S/C14H16FN3/c1-14(6-7-16-9-14)13-8-17-10-18(13)12-4-2-11(15)3-5-12/h2-5,8,10,16H,6-7,9H2,1H3. The van der Waals surface area contributed by atoms with Crippen molar-refractivity contribution in [3.63, 3.8) is 0 Å². The molecule has 1 aromatic heterocycles. The number of imidazole rings is 1. The van der Waals surface area contributed by atoms with Gasteiger partial charge in [0.15, 0.2) is 0 Å². The van der Waals surface area contributed by atoms with Crippen molar-refractivity contribution >= 4 is 0 Å². The summed E-state index contributed by atoms with van der Waals surface area (Å²) in [5, 5.41) is 3.39. The Morgan fingerprint density at radius 3 is 2.78 bits per heavy atom. The van der Waals surface area contributed by atoms with Crippen LogP contribution >= 0.6 is 0 Å². The Bertz CT molecular complexity index is 538. The molecule has 0 radical (unpaired) electrons. The topological polar surface area (TPSA) is 29.9 Å². The first-order valence-corrected chi connectivity index (χ1v) is 6.19. The lowest BCUT2D eigenvalue weighted by atomic mass is 9.86. The predicted molar refractivity (Wildman–Crippen MR) is 68.4 cm³/mol. The summed E-state index contributed by atoms with van der Waals surface area (Å²) in [5.41, 5.74) is 2.24. The lowest BCUT2D eigenvalue weighted by Gasteiger charge is -2.24. The molecule has 0 aliphatic carbocycles.